The largest absolute Gasteiger partial charge is 0.398 e. The van der Waals surface area contributed by atoms with Gasteiger partial charge >= 0.3 is 0 Å². The van der Waals surface area contributed by atoms with E-state index in [1.54, 1.807) is 0 Å². The minimum atomic E-state index is 0.377. The molecule has 0 spiro atoms. The second-order valence-corrected chi connectivity index (χ2v) is 4.85. The van der Waals surface area contributed by atoms with Crippen LogP contribution in [0.15, 0.2) is 18.2 Å². The summed E-state index contributed by atoms with van der Waals surface area (Å²) in [6.07, 6.45) is 0. The lowest BCUT2D eigenvalue weighted by Gasteiger charge is -2.11. The van der Waals surface area contributed by atoms with Crippen molar-refractivity contribution in [1.29, 1.82) is 0 Å². The number of aryl methyl sites for hydroxylation is 1. The summed E-state index contributed by atoms with van der Waals surface area (Å²) in [5, 5.41) is 1.64. The molecule has 0 fully saturated rings. The maximum Gasteiger partial charge on any atom is 0.0756 e. The highest BCUT2D eigenvalue weighted by atomic mass is 35.5. The summed E-state index contributed by atoms with van der Waals surface area (Å²) in [4.78, 5) is 4.64. The molecule has 0 saturated carbocycles. The smallest absolute Gasteiger partial charge is 0.0756 e. The molecule has 2 N–H and O–H groups in total. The molecule has 1 aromatic heterocycles. The minimum Gasteiger partial charge on any atom is -0.398 e. The van der Waals surface area contributed by atoms with Gasteiger partial charge in [-0.2, -0.15) is 0 Å². The third-order valence-corrected chi connectivity index (χ3v) is 2.93. The minimum absolute atomic E-state index is 0.377. The van der Waals surface area contributed by atoms with E-state index in [0.717, 1.165) is 27.8 Å². The van der Waals surface area contributed by atoms with Gasteiger partial charge in [0.25, 0.3) is 0 Å². The summed E-state index contributed by atoms with van der Waals surface area (Å²) in [6.45, 7) is 6.22. The van der Waals surface area contributed by atoms with Gasteiger partial charge in [-0.15, -0.1) is 0 Å². The van der Waals surface area contributed by atoms with Crippen LogP contribution < -0.4 is 5.73 Å². The maximum absolute atomic E-state index is 6.03. The monoisotopic (exact) mass is 234 g/mol. The number of halogens is 1. The lowest BCUT2D eigenvalue weighted by atomic mass is 10.0. The number of nitrogen functional groups attached to an aromatic ring is 1. The summed E-state index contributed by atoms with van der Waals surface area (Å²) >= 11 is 6.01. The second-order valence-electron chi connectivity index (χ2n) is 4.41. The highest BCUT2D eigenvalue weighted by Gasteiger charge is 2.09. The molecule has 2 rings (SSSR count). The highest BCUT2D eigenvalue weighted by molar-refractivity contribution is 6.31. The van der Waals surface area contributed by atoms with E-state index in [1.807, 2.05) is 25.1 Å². The number of nitrogens with zero attached hydrogens (tertiary/aromatic N) is 1. The van der Waals surface area contributed by atoms with Crippen molar-refractivity contribution >= 4 is 28.2 Å². The lowest BCUT2D eigenvalue weighted by Crippen LogP contribution is -1.98. The predicted octanol–water partition coefficient (Wildman–Crippen LogP) is 3.90. The van der Waals surface area contributed by atoms with Crippen molar-refractivity contribution in [2.45, 2.75) is 26.7 Å². The quantitative estimate of drug-likeness (QED) is 0.813. The van der Waals surface area contributed by atoms with Gasteiger partial charge in [0.2, 0.25) is 0 Å². The van der Waals surface area contributed by atoms with Crippen LogP contribution >= 0.6 is 11.6 Å². The van der Waals surface area contributed by atoms with Crippen molar-refractivity contribution in [2.75, 3.05) is 5.73 Å². The van der Waals surface area contributed by atoms with E-state index in [2.05, 4.69) is 18.8 Å². The van der Waals surface area contributed by atoms with E-state index in [9.17, 15) is 0 Å². The Morgan fingerprint density at radius 2 is 1.94 bits per heavy atom. The first-order chi connectivity index (χ1) is 7.49. The van der Waals surface area contributed by atoms with Crippen LogP contribution in [0.2, 0.25) is 5.02 Å². The van der Waals surface area contributed by atoms with Gasteiger partial charge < -0.3 is 5.73 Å². The van der Waals surface area contributed by atoms with E-state index in [0.29, 0.717) is 10.9 Å². The average molecular weight is 235 g/mol. The topological polar surface area (TPSA) is 38.9 Å². The van der Waals surface area contributed by atoms with Gasteiger partial charge in [-0.05, 0) is 36.6 Å². The Morgan fingerprint density at radius 1 is 1.25 bits per heavy atom. The maximum atomic E-state index is 6.03. The molecule has 0 aliphatic heterocycles. The van der Waals surface area contributed by atoms with Gasteiger partial charge in [-0.1, -0.05) is 25.4 Å². The standard InChI is InChI=1S/C13H15ClN2/c1-7(2)12-6-11(15)10-5-9(14)4-8(3)13(10)16-12/h4-7H,1-3H3,(H2,15,16). The molecule has 0 amide bonds. The third kappa shape index (κ3) is 1.85. The zero-order valence-corrected chi connectivity index (χ0v) is 10.5. The van der Waals surface area contributed by atoms with Crippen molar-refractivity contribution in [3.8, 4) is 0 Å². The van der Waals surface area contributed by atoms with Crippen molar-refractivity contribution in [2.24, 2.45) is 0 Å². The Hall–Kier alpha value is -1.28. The Morgan fingerprint density at radius 3 is 2.56 bits per heavy atom. The molecule has 0 radical (unpaired) electrons. The summed E-state index contributed by atoms with van der Waals surface area (Å²) in [5.74, 6) is 0.377. The first kappa shape index (κ1) is 11.2. The molecule has 2 nitrogen and oxygen atoms in total. The van der Waals surface area contributed by atoms with Gasteiger partial charge in [0, 0.05) is 21.8 Å². The zero-order chi connectivity index (χ0) is 11.9. The number of hydrogen-bond donors (Lipinski definition) is 1. The summed E-state index contributed by atoms with van der Waals surface area (Å²) in [7, 11) is 0. The van der Waals surface area contributed by atoms with E-state index in [1.165, 1.54) is 0 Å². The number of anilines is 1. The molecule has 0 aliphatic carbocycles. The van der Waals surface area contributed by atoms with Crippen LogP contribution in [0.1, 0.15) is 31.0 Å². The van der Waals surface area contributed by atoms with Crippen LogP contribution in [0.4, 0.5) is 5.69 Å². The number of hydrogen-bond acceptors (Lipinski definition) is 2. The molecular formula is C13H15ClN2. The number of rotatable bonds is 1. The van der Waals surface area contributed by atoms with Crippen LogP contribution in [0.3, 0.4) is 0 Å². The van der Waals surface area contributed by atoms with Gasteiger partial charge in [0.1, 0.15) is 0 Å². The summed E-state index contributed by atoms with van der Waals surface area (Å²) in [6, 6.07) is 5.72. The number of benzene rings is 1. The summed E-state index contributed by atoms with van der Waals surface area (Å²) < 4.78 is 0. The van der Waals surface area contributed by atoms with Crippen LogP contribution in [0.5, 0.6) is 0 Å². The van der Waals surface area contributed by atoms with Crippen LogP contribution in [-0.2, 0) is 0 Å². The van der Waals surface area contributed by atoms with E-state index < -0.39 is 0 Å². The predicted molar refractivity (Wildman–Crippen MR) is 70.0 cm³/mol. The molecule has 2 aromatic rings. The fourth-order valence-corrected chi connectivity index (χ4v) is 2.07. The molecule has 3 heteroatoms. The molecule has 0 bridgehead atoms. The second kappa shape index (κ2) is 3.95. The SMILES string of the molecule is Cc1cc(Cl)cc2c(N)cc(C(C)C)nc12. The molecule has 84 valence electrons. The number of pyridine rings is 1. The first-order valence-electron chi connectivity index (χ1n) is 5.35. The Labute approximate surface area is 100 Å². The van der Waals surface area contributed by atoms with Crippen LogP contribution in [0, 0.1) is 6.92 Å². The molecule has 0 aliphatic rings. The Bertz CT molecular complexity index is 547. The fraction of sp³-hybridized carbons (Fsp3) is 0.308. The van der Waals surface area contributed by atoms with Gasteiger partial charge in [-0.3, -0.25) is 4.98 Å². The Balaban J connectivity index is 2.82. The lowest BCUT2D eigenvalue weighted by molar-refractivity contribution is 0.830. The molecule has 0 atom stereocenters. The van der Waals surface area contributed by atoms with Crippen LogP contribution in [-0.4, -0.2) is 4.98 Å². The Kier molecular flexibility index (Phi) is 2.76. The highest BCUT2D eigenvalue weighted by Crippen LogP contribution is 2.29. The third-order valence-electron chi connectivity index (χ3n) is 2.71. The molecule has 0 saturated heterocycles. The van der Waals surface area contributed by atoms with Gasteiger partial charge in [-0.25, -0.2) is 0 Å². The summed E-state index contributed by atoms with van der Waals surface area (Å²) in [5.41, 5.74) is 9.83. The van der Waals surface area contributed by atoms with E-state index in [4.69, 9.17) is 17.3 Å². The van der Waals surface area contributed by atoms with E-state index in [-0.39, 0.29) is 0 Å². The molecule has 0 unspecified atom stereocenters. The average Bonchev–Trinajstić information content (AvgIpc) is 2.19. The van der Waals surface area contributed by atoms with Crippen molar-refractivity contribution in [3.05, 3.63) is 34.5 Å². The van der Waals surface area contributed by atoms with Crippen LogP contribution in [0.25, 0.3) is 10.9 Å². The van der Waals surface area contributed by atoms with E-state index >= 15 is 0 Å². The number of nitrogens with two attached hydrogens (primary N) is 1. The molecule has 1 heterocycles. The van der Waals surface area contributed by atoms with Gasteiger partial charge in [0.15, 0.2) is 0 Å². The fourth-order valence-electron chi connectivity index (χ4n) is 1.80. The molecule has 16 heavy (non-hydrogen) atoms. The molecule has 1 aromatic carbocycles. The van der Waals surface area contributed by atoms with Crippen molar-refractivity contribution in [3.63, 3.8) is 0 Å². The molecular weight excluding hydrogens is 220 g/mol. The number of aromatic nitrogens is 1. The van der Waals surface area contributed by atoms with Crippen molar-refractivity contribution < 1.29 is 0 Å². The van der Waals surface area contributed by atoms with Crippen molar-refractivity contribution in [1.82, 2.24) is 4.98 Å². The zero-order valence-electron chi connectivity index (χ0n) is 9.71. The van der Waals surface area contributed by atoms with Gasteiger partial charge in [0.05, 0.1) is 5.52 Å². The first-order valence-corrected chi connectivity index (χ1v) is 5.73. The normalized spacial score (nSPS) is 11.3. The number of fused-ring (bicyclic) bond motifs is 1.